The summed E-state index contributed by atoms with van der Waals surface area (Å²) in [5.41, 5.74) is 0.321. The monoisotopic (exact) mass is 426 g/mol. The molecule has 0 unspecified atom stereocenters. The Bertz CT molecular complexity index is 1080. The van der Waals surface area contributed by atoms with Gasteiger partial charge in [-0.2, -0.15) is 4.31 Å². The van der Waals surface area contributed by atoms with Gasteiger partial charge in [0.05, 0.1) is 30.0 Å². The average Bonchev–Trinajstić information content (AvgIpc) is 3.02. The molecule has 0 bridgehead atoms. The minimum Gasteiger partial charge on any atom is -0.468 e. The number of rotatable bonds is 6. The van der Waals surface area contributed by atoms with E-state index in [2.05, 4.69) is 4.74 Å². The molecule has 0 N–H and O–H groups in total. The van der Waals surface area contributed by atoms with Gasteiger partial charge in [0.25, 0.3) is 0 Å². The van der Waals surface area contributed by atoms with Crippen molar-refractivity contribution >= 4 is 33.1 Å². The third kappa shape index (κ3) is 4.20. The van der Waals surface area contributed by atoms with Crippen molar-refractivity contribution in [2.75, 3.05) is 26.8 Å². The van der Waals surface area contributed by atoms with Gasteiger partial charge in [-0.1, -0.05) is 0 Å². The quantitative estimate of drug-likeness (QED) is 0.619. The maximum absolute atomic E-state index is 13.0. The Morgan fingerprint density at radius 2 is 2.07 bits per heavy atom. The fraction of sp³-hybridized carbons (Fsp3) is 0.500. The molecule has 1 fully saturated rings. The minimum atomic E-state index is -3.90. The summed E-state index contributed by atoms with van der Waals surface area (Å²) in [4.78, 5) is 35.4. The molecule has 1 aromatic heterocycles. The molecule has 1 atom stereocenters. The Labute approximate surface area is 167 Å². The van der Waals surface area contributed by atoms with Crippen LogP contribution in [0.1, 0.15) is 19.8 Å². The molecule has 11 heteroatoms. The molecule has 158 valence electrons. The Hall–Kier alpha value is -2.66. The van der Waals surface area contributed by atoms with Gasteiger partial charge in [0.2, 0.25) is 10.0 Å². The number of ether oxygens (including phenoxy) is 2. The lowest BCUT2D eigenvalue weighted by atomic mass is 10.0. The van der Waals surface area contributed by atoms with Crippen LogP contribution in [0.2, 0.25) is 0 Å². The molecule has 1 aliphatic rings. The van der Waals surface area contributed by atoms with Crippen molar-refractivity contribution in [1.29, 1.82) is 0 Å². The lowest BCUT2D eigenvalue weighted by Gasteiger charge is -2.30. The zero-order chi connectivity index (χ0) is 21.2. The van der Waals surface area contributed by atoms with Gasteiger partial charge in [-0.25, -0.2) is 13.2 Å². The molecule has 0 spiro atoms. The number of sulfonamides is 1. The van der Waals surface area contributed by atoms with E-state index in [9.17, 15) is 22.8 Å². The summed E-state index contributed by atoms with van der Waals surface area (Å²) in [6.45, 7) is 1.91. The molecule has 29 heavy (non-hydrogen) atoms. The van der Waals surface area contributed by atoms with Crippen molar-refractivity contribution in [1.82, 2.24) is 8.87 Å². The van der Waals surface area contributed by atoms with E-state index in [0.717, 1.165) is 4.57 Å². The number of fused-ring (bicyclic) bond motifs is 1. The molecule has 0 radical (unpaired) electrons. The number of nitrogens with zero attached hydrogens (tertiary/aromatic N) is 2. The Morgan fingerprint density at radius 1 is 1.31 bits per heavy atom. The van der Waals surface area contributed by atoms with Crippen LogP contribution < -0.4 is 5.76 Å². The molecular weight excluding hydrogens is 404 g/mol. The largest absolute Gasteiger partial charge is 0.468 e. The number of hydrogen-bond donors (Lipinski definition) is 0. The second-order valence-electron chi connectivity index (χ2n) is 6.61. The predicted octanol–water partition coefficient (Wildman–Crippen LogP) is 0.731. The van der Waals surface area contributed by atoms with Crippen molar-refractivity contribution in [2.45, 2.75) is 31.2 Å². The predicted molar refractivity (Wildman–Crippen MR) is 101 cm³/mol. The number of piperidine rings is 1. The van der Waals surface area contributed by atoms with Crippen molar-refractivity contribution < 1.29 is 31.9 Å². The van der Waals surface area contributed by atoms with E-state index < -0.39 is 33.6 Å². The van der Waals surface area contributed by atoms with Crippen LogP contribution in [0.15, 0.2) is 32.3 Å². The van der Waals surface area contributed by atoms with Crippen LogP contribution in [-0.2, 0) is 35.6 Å². The number of carbonyl (C=O) groups excluding carboxylic acids is 2. The molecule has 2 aromatic rings. The van der Waals surface area contributed by atoms with E-state index in [-0.39, 0.29) is 42.2 Å². The van der Waals surface area contributed by atoms with Crippen LogP contribution in [0, 0.1) is 5.92 Å². The lowest BCUT2D eigenvalue weighted by Crippen LogP contribution is -2.42. The van der Waals surface area contributed by atoms with E-state index in [4.69, 9.17) is 9.15 Å². The van der Waals surface area contributed by atoms with E-state index in [1.54, 1.807) is 6.92 Å². The van der Waals surface area contributed by atoms with E-state index >= 15 is 0 Å². The lowest BCUT2D eigenvalue weighted by molar-refractivity contribution is -0.149. The van der Waals surface area contributed by atoms with Gasteiger partial charge >= 0.3 is 17.7 Å². The number of methoxy groups -OCH3 is 1. The number of oxazole rings is 1. The first-order valence-electron chi connectivity index (χ1n) is 9.15. The maximum atomic E-state index is 13.0. The smallest absolute Gasteiger partial charge is 0.420 e. The molecule has 1 aromatic carbocycles. The van der Waals surface area contributed by atoms with Crippen LogP contribution in [0.4, 0.5) is 0 Å². The standard InChI is InChI=1S/C18H22N2O8S/c1-3-27-17(22)12-5-4-8-19(10-12)29(24,25)13-6-7-14-15(9-13)28-18(23)20(14)11-16(21)26-2/h6-7,9,12H,3-5,8,10-11H2,1-2H3/t12-/m1/s1. The minimum absolute atomic E-state index is 0.0342. The first-order chi connectivity index (χ1) is 13.8. The van der Waals surface area contributed by atoms with Crippen molar-refractivity contribution in [2.24, 2.45) is 5.92 Å². The number of esters is 2. The summed E-state index contributed by atoms with van der Waals surface area (Å²) in [5, 5.41) is 0. The third-order valence-electron chi connectivity index (χ3n) is 4.80. The summed E-state index contributed by atoms with van der Waals surface area (Å²) >= 11 is 0. The fourth-order valence-corrected chi connectivity index (χ4v) is 4.85. The van der Waals surface area contributed by atoms with Gasteiger partial charge in [0.15, 0.2) is 5.58 Å². The van der Waals surface area contributed by atoms with Crippen LogP contribution in [-0.4, -0.2) is 56.0 Å². The van der Waals surface area contributed by atoms with E-state index in [0.29, 0.717) is 12.8 Å². The molecule has 2 heterocycles. The maximum Gasteiger partial charge on any atom is 0.420 e. The topological polar surface area (TPSA) is 125 Å². The van der Waals surface area contributed by atoms with Crippen molar-refractivity contribution in [3.05, 3.63) is 28.7 Å². The SMILES string of the molecule is CCOC(=O)[C@@H]1CCCN(S(=O)(=O)c2ccc3c(c2)oc(=O)n3CC(=O)OC)C1. The zero-order valence-electron chi connectivity index (χ0n) is 16.1. The highest BCUT2D eigenvalue weighted by Crippen LogP contribution is 2.26. The zero-order valence-corrected chi connectivity index (χ0v) is 16.9. The number of hydrogen-bond acceptors (Lipinski definition) is 8. The summed E-state index contributed by atoms with van der Waals surface area (Å²) in [7, 11) is -2.71. The van der Waals surface area contributed by atoms with Crippen LogP contribution >= 0.6 is 0 Å². The summed E-state index contributed by atoms with van der Waals surface area (Å²) in [6, 6.07) is 3.99. The average molecular weight is 426 g/mol. The van der Waals surface area contributed by atoms with Crippen molar-refractivity contribution in [3.8, 4) is 0 Å². The first kappa shape index (κ1) is 21.1. The summed E-state index contributed by atoms with van der Waals surface area (Å²) < 4.78 is 43.1. The number of carbonyl (C=O) groups is 2. The third-order valence-corrected chi connectivity index (χ3v) is 6.66. The summed E-state index contributed by atoms with van der Waals surface area (Å²) in [6.07, 6.45) is 1.10. The van der Waals surface area contributed by atoms with Gasteiger partial charge in [-0.05, 0) is 31.9 Å². The second-order valence-corrected chi connectivity index (χ2v) is 8.55. The fourth-order valence-electron chi connectivity index (χ4n) is 3.31. The molecule has 10 nitrogen and oxygen atoms in total. The number of benzene rings is 1. The highest BCUT2D eigenvalue weighted by molar-refractivity contribution is 7.89. The molecular formula is C18H22N2O8S. The molecule has 3 rings (SSSR count). The van der Waals surface area contributed by atoms with Crippen molar-refractivity contribution in [3.63, 3.8) is 0 Å². The van der Waals surface area contributed by atoms with Crippen LogP contribution in [0.3, 0.4) is 0 Å². The first-order valence-corrected chi connectivity index (χ1v) is 10.6. The molecule has 1 saturated heterocycles. The van der Waals surface area contributed by atoms with Gasteiger partial charge in [-0.3, -0.25) is 14.2 Å². The van der Waals surface area contributed by atoms with Gasteiger partial charge in [-0.15, -0.1) is 0 Å². The Balaban J connectivity index is 1.90. The normalized spacial score (nSPS) is 17.9. The summed E-state index contributed by atoms with van der Waals surface area (Å²) in [5.74, 6) is -2.35. The van der Waals surface area contributed by atoms with E-state index in [1.807, 2.05) is 0 Å². The van der Waals surface area contributed by atoms with Gasteiger partial charge < -0.3 is 13.9 Å². The highest BCUT2D eigenvalue weighted by atomic mass is 32.2. The van der Waals surface area contributed by atoms with Crippen LogP contribution in [0.25, 0.3) is 11.1 Å². The Kier molecular flexibility index (Phi) is 6.08. The molecule has 0 amide bonds. The number of aromatic nitrogens is 1. The molecule has 0 aliphatic carbocycles. The molecule has 1 aliphatic heterocycles. The van der Waals surface area contributed by atoms with Crippen LogP contribution in [0.5, 0.6) is 0 Å². The highest BCUT2D eigenvalue weighted by Gasteiger charge is 2.34. The van der Waals surface area contributed by atoms with Gasteiger partial charge in [0.1, 0.15) is 6.54 Å². The molecule has 0 saturated carbocycles. The second kappa shape index (κ2) is 8.37. The van der Waals surface area contributed by atoms with E-state index in [1.165, 1.54) is 29.6 Å². The Morgan fingerprint density at radius 3 is 2.76 bits per heavy atom. The van der Waals surface area contributed by atoms with Gasteiger partial charge in [0, 0.05) is 19.2 Å².